The van der Waals surface area contributed by atoms with E-state index in [0.29, 0.717) is 29.7 Å². The number of nitro groups is 1. The van der Waals surface area contributed by atoms with Gasteiger partial charge >= 0.3 is 5.69 Å². The maximum absolute atomic E-state index is 11.0. The molecule has 0 spiro atoms. The zero-order valence-electron chi connectivity index (χ0n) is 10.6. The molecule has 0 aliphatic carbocycles. The summed E-state index contributed by atoms with van der Waals surface area (Å²) in [5, 5.41) is 18.7. The Morgan fingerprint density at radius 3 is 2.76 bits per heavy atom. The lowest BCUT2D eigenvalue weighted by Gasteiger charge is -2.10. The van der Waals surface area contributed by atoms with E-state index in [1.807, 2.05) is 13.2 Å². The van der Waals surface area contributed by atoms with Crippen molar-refractivity contribution in [2.24, 2.45) is 7.05 Å². The zero-order chi connectivity index (χ0) is 13.0. The van der Waals surface area contributed by atoms with Gasteiger partial charge in [-0.2, -0.15) is 16.9 Å². The lowest BCUT2D eigenvalue weighted by atomic mass is 10.3. The molecule has 0 radical (unpaired) electrons. The number of rotatable bonds is 6. The van der Waals surface area contributed by atoms with Crippen LogP contribution in [0.5, 0.6) is 0 Å². The SMILES string of the molecule is CCc1nn(C)c(NCC(C)SC)c1[N+](=O)[O-]. The minimum atomic E-state index is -0.363. The van der Waals surface area contributed by atoms with Crippen LogP contribution in [0.15, 0.2) is 0 Å². The first-order valence-corrected chi connectivity index (χ1v) is 6.76. The Labute approximate surface area is 105 Å². The van der Waals surface area contributed by atoms with E-state index in [1.165, 1.54) is 0 Å². The van der Waals surface area contributed by atoms with Gasteiger partial charge in [-0.15, -0.1) is 0 Å². The second-order valence-corrected chi connectivity index (χ2v) is 5.08. The summed E-state index contributed by atoms with van der Waals surface area (Å²) in [4.78, 5) is 10.7. The first kappa shape index (κ1) is 13.8. The minimum Gasteiger partial charge on any atom is -0.363 e. The number of thioether (sulfide) groups is 1. The molecule has 0 saturated carbocycles. The van der Waals surface area contributed by atoms with E-state index >= 15 is 0 Å². The Hall–Kier alpha value is -1.24. The summed E-state index contributed by atoms with van der Waals surface area (Å²) in [5.74, 6) is 0.493. The fraction of sp³-hybridized carbons (Fsp3) is 0.700. The molecule has 7 heteroatoms. The van der Waals surface area contributed by atoms with Crippen molar-refractivity contribution in [2.75, 3.05) is 18.1 Å². The van der Waals surface area contributed by atoms with Crippen LogP contribution in [0.4, 0.5) is 11.5 Å². The molecule has 0 fully saturated rings. The van der Waals surface area contributed by atoms with E-state index < -0.39 is 0 Å². The van der Waals surface area contributed by atoms with Gasteiger partial charge in [0.15, 0.2) is 0 Å². The van der Waals surface area contributed by atoms with Crippen LogP contribution in [0.1, 0.15) is 19.5 Å². The van der Waals surface area contributed by atoms with Gasteiger partial charge in [0.25, 0.3) is 0 Å². The summed E-state index contributed by atoms with van der Waals surface area (Å²) in [5.41, 5.74) is 0.625. The van der Waals surface area contributed by atoms with Gasteiger partial charge in [0.05, 0.1) is 4.92 Å². The van der Waals surface area contributed by atoms with Gasteiger partial charge in [-0.05, 0) is 12.7 Å². The topological polar surface area (TPSA) is 73.0 Å². The van der Waals surface area contributed by atoms with Gasteiger partial charge in [0.1, 0.15) is 5.69 Å². The molecule has 0 aliphatic rings. The summed E-state index contributed by atoms with van der Waals surface area (Å²) < 4.78 is 1.55. The van der Waals surface area contributed by atoms with Crippen LogP contribution >= 0.6 is 11.8 Å². The van der Waals surface area contributed by atoms with Crippen molar-refractivity contribution in [1.29, 1.82) is 0 Å². The summed E-state index contributed by atoms with van der Waals surface area (Å²) in [6.45, 7) is 4.62. The molecule has 0 amide bonds. The van der Waals surface area contributed by atoms with Crippen molar-refractivity contribution in [3.8, 4) is 0 Å². The lowest BCUT2D eigenvalue weighted by molar-refractivity contribution is -0.384. The Bertz CT molecular complexity index is 405. The molecule has 96 valence electrons. The molecule has 17 heavy (non-hydrogen) atoms. The number of hydrogen-bond donors (Lipinski definition) is 1. The molecular formula is C10H18N4O2S. The average molecular weight is 258 g/mol. The van der Waals surface area contributed by atoms with E-state index in [0.717, 1.165) is 0 Å². The first-order valence-electron chi connectivity index (χ1n) is 5.48. The molecule has 0 aromatic carbocycles. The standard InChI is InChI=1S/C10H18N4O2S/c1-5-8-9(14(15)16)10(13(3)12-8)11-6-7(2)17-4/h7,11H,5-6H2,1-4H3. The monoisotopic (exact) mass is 258 g/mol. The maximum atomic E-state index is 11.0. The first-order chi connectivity index (χ1) is 8.01. The Balaban J connectivity index is 2.97. The van der Waals surface area contributed by atoms with Crippen molar-refractivity contribution in [2.45, 2.75) is 25.5 Å². The molecule has 1 rings (SSSR count). The van der Waals surface area contributed by atoms with E-state index in [1.54, 1.807) is 23.5 Å². The van der Waals surface area contributed by atoms with Crippen molar-refractivity contribution in [1.82, 2.24) is 9.78 Å². The Morgan fingerprint density at radius 2 is 2.29 bits per heavy atom. The fourth-order valence-electron chi connectivity index (χ4n) is 1.52. The fourth-order valence-corrected chi connectivity index (χ4v) is 1.77. The van der Waals surface area contributed by atoms with Crippen LogP contribution in [0.2, 0.25) is 0 Å². The van der Waals surface area contributed by atoms with E-state index in [4.69, 9.17) is 0 Å². The van der Waals surface area contributed by atoms with Crippen molar-refractivity contribution < 1.29 is 4.92 Å². The summed E-state index contributed by atoms with van der Waals surface area (Å²) in [7, 11) is 1.72. The van der Waals surface area contributed by atoms with Crippen LogP contribution in [0.3, 0.4) is 0 Å². The summed E-state index contributed by atoms with van der Waals surface area (Å²) >= 11 is 1.71. The Morgan fingerprint density at radius 1 is 1.65 bits per heavy atom. The Kier molecular flexibility index (Phi) is 4.80. The van der Waals surface area contributed by atoms with Crippen LogP contribution in [-0.4, -0.2) is 32.8 Å². The number of nitrogens with one attached hydrogen (secondary N) is 1. The normalized spacial score (nSPS) is 12.5. The summed E-state index contributed by atoms with van der Waals surface area (Å²) in [6, 6.07) is 0. The molecular weight excluding hydrogens is 240 g/mol. The highest BCUT2D eigenvalue weighted by Crippen LogP contribution is 2.28. The van der Waals surface area contributed by atoms with Gasteiger partial charge in [-0.1, -0.05) is 13.8 Å². The maximum Gasteiger partial charge on any atom is 0.333 e. The molecule has 0 aliphatic heterocycles. The number of aryl methyl sites for hydroxylation is 2. The molecule has 1 unspecified atom stereocenters. The number of hydrogen-bond acceptors (Lipinski definition) is 5. The highest BCUT2D eigenvalue weighted by atomic mass is 32.2. The second kappa shape index (κ2) is 5.90. The van der Waals surface area contributed by atoms with Gasteiger partial charge in [-0.3, -0.25) is 10.1 Å². The molecule has 0 saturated heterocycles. The van der Waals surface area contributed by atoms with E-state index in [9.17, 15) is 10.1 Å². The number of aromatic nitrogens is 2. The van der Waals surface area contributed by atoms with Gasteiger partial charge < -0.3 is 5.32 Å². The average Bonchev–Trinajstić information content (AvgIpc) is 2.62. The van der Waals surface area contributed by atoms with Crippen molar-refractivity contribution >= 4 is 23.3 Å². The third-order valence-corrected chi connectivity index (χ3v) is 3.54. The summed E-state index contributed by atoms with van der Waals surface area (Å²) in [6.07, 6.45) is 2.57. The third-order valence-electron chi connectivity index (χ3n) is 2.57. The minimum absolute atomic E-state index is 0.100. The van der Waals surface area contributed by atoms with Crippen molar-refractivity contribution in [3.63, 3.8) is 0 Å². The van der Waals surface area contributed by atoms with Gasteiger partial charge in [-0.25, -0.2) is 4.68 Å². The molecule has 1 heterocycles. The largest absolute Gasteiger partial charge is 0.363 e. The number of anilines is 1. The predicted molar refractivity (Wildman–Crippen MR) is 70.7 cm³/mol. The van der Waals surface area contributed by atoms with Crippen LogP contribution in [-0.2, 0) is 13.5 Å². The van der Waals surface area contributed by atoms with Crippen LogP contribution in [0.25, 0.3) is 0 Å². The van der Waals surface area contributed by atoms with Crippen LogP contribution < -0.4 is 5.32 Å². The third kappa shape index (κ3) is 3.12. The molecule has 1 aromatic heterocycles. The molecule has 0 bridgehead atoms. The molecule has 1 N–H and O–H groups in total. The quantitative estimate of drug-likeness (QED) is 0.624. The predicted octanol–water partition coefficient (Wildman–Crippen LogP) is 2.05. The lowest BCUT2D eigenvalue weighted by Crippen LogP contribution is -2.15. The van der Waals surface area contributed by atoms with Gasteiger partial charge in [0.2, 0.25) is 5.82 Å². The highest BCUT2D eigenvalue weighted by molar-refractivity contribution is 7.99. The highest BCUT2D eigenvalue weighted by Gasteiger charge is 2.25. The smallest absolute Gasteiger partial charge is 0.333 e. The zero-order valence-corrected chi connectivity index (χ0v) is 11.4. The van der Waals surface area contributed by atoms with Gasteiger partial charge in [0, 0.05) is 18.8 Å². The van der Waals surface area contributed by atoms with Crippen molar-refractivity contribution in [3.05, 3.63) is 15.8 Å². The number of nitrogens with zero attached hydrogens (tertiary/aromatic N) is 3. The molecule has 1 atom stereocenters. The molecule has 6 nitrogen and oxygen atoms in total. The van der Waals surface area contributed by atoms with Crippen LogP contribution in [0, 0.1) is 10.1 Å². The second-order valence-electron chi connectivity index (χ2n) is 3.81. The molecule has 1 aromatic rings. The van der Waals surface area contributed by atoms with E-state index in [2.05, 4.69) is 17.3 Å². The van der Waals surface area contributed by atoms with E-state index in [-0.39, 0.29) is 10.6 Å².